The van der Waals surface area contributed by atoms with E-state index in [4.69, 9.17) is 4.74 Å². The summed E-state index contributed by atoms with van der Waals surface area (Å²) in [6.07, 6.45) is 2.42. The van der Waals surface area contributed by atoms with Crippen LogP contribution < -0.4 is 5.32 Å². The maximum Gasteiger partial charge on any atom is 0.409 e. The summed E-state index contributed by atoms with van der Waals surface area (Å²) in [5.41, 5.74) is 0. The molecule has 2 rings (SSSR count). The number of hydrogen-bond donors (Lipinski definition) is 1. The van der Waals surface area contributed by atoms with E-state index in [0.717, 1.165) is 0 Å². The van der Waals surface area contributed by atoms with E-state index >= 15 is 0 Å². The summed E-state index contributed by atoms with van der Waals surface area (Å²) >= 11 is 0. The molecule has 11 heavy (non-hydrogen) atoms. The van der Waals surface area contributed by atoms with Crippen molar-refractivity contribution < 1.29 is 9.53 Å². The molecule has 1 aromatic rings. The second kappa shape index (κ2) is 2.22. The van der Waals surface area contributed by atoms with Gasteiger partial charge in [-0.05, 0) is 0 Å². The quantitative estimate of drug-likeness (QED) is 0.593. The van der Waals surface area contributed by atoms with Crippen LogP contribution in [0.25, 0.3) is 0 Å². The number of cyclic esters (lactones) is 1. The van der Waals surface area contributed by atoms with Gasteiger partial charge in [0.05, 0.1) is 12.7 Å². The van der Waals surface area contributed by atoms with Crippen LogP contribution in [-0.4, -0.2) is 27.6 Å². The molecular weight excluding hydrogens is 148 g/mol. The molecule has 1 unspecified atom stereocenters. The van der Waals surface area contributed by atoms with Gasteiger partial charge in [-0.3, -0.25) is 0 Å². The highest BCUT2D eigenvalue weighted by Gasteiger charge is 2.23. The number of nitrogens with one attached hydrogen (secondary N) is 1. The van der Waals surface area contributed by atoms with Gasteiger partial charge in [0.25, 0.3) is 0 Å². The van der Waals surface area contributed by atoms with Crippen molar-refractivity contribution in [3.63, 3.8) is 0 Å². The molecule has 0 radical (unpaired) electrons. The van der Waals surface area contributed by atoms with Crippen LogP contribution in [0.3, 0.4) is 0 Å². The van der Waals surface area contributed by atoms with Gasteiger partial charge in [0.2, 0.25) is 6.23 Å². The minimum atomic E-state index is -0.412. The second-order valence-electron chi connectivity index (χ2n) is 2.12. The fourth-order valence-electron chi connectivity index (χ4n) is 0.896. The highest BCUT2D eigenvalue weighted by molar-refractivity contribution is 5.68. The van der Waals surface area contributed by atoms with Crippen LogP contribution in [0.5, 0.6) is 0 Å². The number of carbonyl (C=O) groups is 1. The van der Waals surface area contributed by atoms with E-state index < -0.39 is 6.09 Å². The zero-order valence-corrected chi connectivity index (χ0v) is 5.60. The van der Waals surface area contributed by atoms with E-state index in [9.17, 15) is 4.79 Å². The van der Waals surface area contributed by atoms with Crippen molar-refractivity contribution in [2.75, 3.05) is 6.54 Å². The van der Waals surface area contributed by atoms with Crippen molar-refractivity contribution in [2.45, 2.75) is 6.23 Å². The fourth-order valence-corrected chi connectivity index (χ4v) is 0.896. The Morgan fingerprint density at radius 1 is 1.82 bits per heavy atom. The minimum absolute atomic E-state index is 0.343. The maximum atomic E-state index is 10.6. The van der Waals surface area contributed by atoms with Gasteiger partial charge in [-0.1, -0.05) is 5.21 Å². The highest BCUT2D eigenvalue weighted by Crippen LogP contribution is 2.09. The van der Waals surface area contributed by atoms with Crippen molar-refractivity contribution in [1.29, 1.82) is 0 Å². The summed E-state index contributed by atoms with van der Waals surface area (Å²) in [6.45, 7) is 0.447. The predicted molar refractivity (Wildman–Crippen MR) is 33.5 cm³/mol. The van der Waals surface area contributed by atoms with E-state index in [1.54, 1.807) is 6.20 Å². The lowest BCUT2D eigenvalue weighted by Gasteiger charge is -2.04. The topological polar surface area (TPSA) is 69.0 Å². The molecule has 6 nitrogen and oxygen atoms in total. The zero-order valence-electron chi connectivity index (χ0n) is 5.60. The molecule has 1 saturated heterocycles. The van der Waals surface area contributed by atoms with Crippen molar-refractivity contribution in [2.24, 2.45) is 0 Å². The normalized spacial score (nSPS) is 22.9. The lowest BCUT2D eigenvalue weighted by Crippen LogP contribution is -2.15. The van der Waals surface area contributed by atoms with E-state index in [2.05, 4.69) is 15.6 Å². The van der Waals surface area contributed by atoms with E-state index in [0.29, 0.717) is 6.54 Å². The SMILES string of the molecule is O=C1NCC(n2ccnn2)O1. The van der Waals surface area contributed by atoms with Gasteiger partial charge in [0.15, 0.2) is 0 Å². The zero-order chi connectivity index (χ0) is 7.68. The van der Waals surface area contributed by atoms with Crippen molar-refractivity contribution in [3.8, 4) is 0 Å². The Balaban J connectivity index is 2.13. The largest absolute Gasteiger partial charge is 0.422 e. The number of rotatable bonds is 1. The van der Waals surface area contributed by atoms with Crippen molar-refractivity contribution in [1.82, 2.24) is 20.3 Å². The summed E-state index contributed by atoms with van der Waals surface area (Å²) in [6, 6.07) is 0. The first-order valence-corrected chi connectivity index (χ1v) is 3.16. The lowest BCUT2D eigenvalue weighted by molar-refractivity contribution is 0.0920. The standard InChI is InChI=1S/C5H6N4O2/c10-5-6-3-4(11-5)9-2-1-7-8-9/h1-2,4H,3H2,(H,6,10). The number of amides is 1. The first-order chi connectivity index (χ1) is 5.36. The Kier molecular flexibility index (Phi) is 1.24. The van der Waals surface area contributed by atoms with Gasteiger partial charge in [-0.2, -0.15) is 0 Å². The Morgan fingerprint density at radius 2 is 2.73 bits per heavy atom. The van der Waals surface area contributed by atoms with Gasteiger partial charge < -0.3 is 10.1 Å². The van der Waals surface area contributed by atoms with Crippen LogP contribution in [0.4, 0.5) is 4.79 Å². The first kappa shape index (κ1) is 6.14. The van der Waals surface area contributed by atoms with Crippen molar-refractivity contribution in [3.05, 3.63) is 12.4 Å². The molecule has 6 heteroatoms. The van der Waals surface area contributed by atoms with E-state index in [-0.39, 0.29) is 6.23 Å². The molecule has 0 spiro atoms. The number of aromatic nitrogens is 3. The van der Waals surface area contributed by atoms with Gasteiger partial charge in [-0.25, -0.2) is 9.48 Å². The number of alkyl carbamates (subject to hydrolysis) is 1. The minimum Gasteiger partial charge on any atom is -0.422 e. The van der Waals surface area contributed by atoms with Gasteiger partial charge >= 0.3 is 6.09 Å². The molecule has 0 aromatic carbocycles. The molecule has 1 aromatic heterocycles. The monoisotopic (exact) mass is 154 g/mol. The molecule has 1 atom stereocenters. The summed E-state index contributed by atoms with van der Waals surface area (Å²) in [5.74, 6) is 0. The van der Waals surface area contributed by atoms with Crippen molar-refractivity contribution >= 4 is 6.09 Å². The summed E-state index contributed by atoms with van der Waals surface area (Å²) < 4.78 is 6.30. The molecule has 1 amide bonds. The molecular formula is C5H6N4O2. The molecule has 1 N–H and O–H groups in total. The number of ether oxygens (including phenoxy) is 1. The number of carbonyl (C=O) groups excluding carboxylic acids is 1. The fraction of sp³-hybridized carbons (Fsp3) is 0.400. The number of nitrogens with zero attached hydrogens (tertiary/aromatic N) is 3. The van der Waals surface area contributed by atoms with Crippen LogP contribution in [0.2, 0.25) is 0 Å². The summed E-state index contributed by atoms with van der Waals surface area (Å²) in [5, 5.41) is 9.78. The smallest absolute Gasteiger partial charge is 0.409 e. The third-order valence-electron chi connectivity index (χ3n) is 1.40. The second-order valence-corrected chi connectivity index (χ2v) is 2.12. The van der Waals surface area contributed by atoms with Crippen LogP contribution in [0.15, 0.2) is 12.4 Å². The molecule has 2 heterocycles. The molecule has 0 saturated carbocycles. The third kappa shape index (κ3) is 1.02. The summed E-state index contributed by atoms with van der Waals surface area (Å²) in [7, 11) is 0. The molecule has 1 aliphatic rings. The Bertz CT molecular complexity index is 257. The predicted octanol–water partition coefficient (Wildman–Crippen LogP) is -0.484. The average Bonchev–Trinajstić information content (AvgIpc) is 2.55. The average molecular weight is 154 g/mol. The van der Waals surface area contributed by atoms with E-state index in [1.807, 2.05) is 0 Å². The van der Waals surface area contributed by atoms with Crippen LogP contribution in [-0.2, 0) is 4.74 Å². The summed E-state index contributed by atoms with van der Waals surface area (Å²) in [4.78, 5) is 10.6. The maximum absolute atomic E-state index is 10.6. The molecule has 0 bridgehead atoms. The van der Waals surface area contributed by atoms with Crippen LogP contribution >= 0.6 is 0 Å². The van der Waals surface area contributed by atoms with E-state index in [1.165, 1.54) is 10.9 Å². The number of hydrogen-bond acceptors (Lipinski definition) is 4. The van der Waals surface area contributed by atoms with Crippen LogP contribution in [0, 0.1) is 0 Å². The molecule has 1 aliphatic heterocycles. The lowest BCUT2D eigenvalue weighted by atomic mass is 10.6. The van der Waals surface area contributed by atoms with Gasteiger partial charge in [-0.15, -0.1) is 5.10 Å². The molecule has 1 fully saturated rings. The highest BCUT2D eigenvalue weighted by atomic mass is 16.6. The Labute approximate surface area is 62.1 Å². The molecule has 0 aliphatic carbocycles. The molecule has 58 valence electrons. The Morgan fingerprint density at radius 3 is 3.27 bits per heavy atom. The van der Waals surface area contributed by atoms with Gasteiger partial charge in [0, 0.05) is 6.20 Å². The third-order valence-corrected chi connectivity index (χ3v) is 1.40. The van der Waals surface area contributed by atoms with Gasteiger partial charge in [0.1, 0.15) is 0 Å². The Hall–Kier alpha value is -1.59. The first-order valence-electron chi connectivity index (χ1n) is 3.16. The van der Waals surface area contributed by atoms with Crippen LogP contribution in [0.1, 0.15) is 6.23 Å².